The number of aliphatic imine (C=N–C) groups is 1. The number of rotatable bonds is 7. The molecule has 152 valence electrons. The molecule has 1 saturated heterocycles. The predicted octanol–water partition coefficient (Wildman–Crippen LogP) is 2.71. The number of non-ortho nitro benzene ring substituents is 1. The summed E-state index contributed by atoms with van der Waals surface area (Å²) >= 11 is 0.820. The van der Waals surface area contributed by atoms with Gasteiger partial charge in [0.2, 0.25) is 0 Å². The number of dihydropyridines is 1. The molecule has 2 amide bonds. The summed E-state index contributed by atoms with van der Waals surface area (Å²) in [6, 6.07) is 5.95. The molecule has 10 heteroatoms. The van der Waals surface area contributed by atoms with Crippen molar-refractivity contribution >= 4 is 34.3 Å². The highest BCUT2D eigenvalue weighted by Gasteiger charge is 2.34. The Morgan fingerprint density at radius 3 is 2.69 bits per heavy atom. The molecular formula is C19H19N3O6S. The van der Waals surface area contributed by atoms with Crippen molar-refractivity contribution in [3.8, 4) is 0 Å². The molecular weight excluding hydrogens is 398 g/mol. The molecule has 9 nitrogen and oxygen atoms in total. The van der Waals surface area contributed by atoms with E-state index in [1.165, 1.54) is 12.1 Å². The zero-order chi connectivity index (χ0) is 21.0. The molecule has 2 aliphatic heterocycles. The van der Waals surface area contributed by atoms with Gasteiger partial charge >= 0.3 is 0 Å². The number of amides is 2. The van der Waals surface area contributed by atoms with E-state index in [0.29, 0.717) is 18.6 Å². The number of imide groups is 1. The third-order valence-corrected chi connectivity index (χ3v) is 5.35. The fourth-order valence-electron chi connectivity index (χ4n) is 2.97. The molecule has 1 aromatic carbocycles. The fraction of sp³-hybridized carbons (Fsp3) is 0.316. The maximum absolute atomic E-state index is 12.5. The summed E-state index contributed by atoms with van der Waals surface area (Å²) in [7, 11) is 0. The summed E-state index contributed by atoms with van der Waals surface area (Å²) < 4.78 is 0. The van der Waals surface area contributed by atoms with Gasteiger partial charge in [-0.05, 0) is 48.7 Å². The smallest absolute Gasteiger partial charge is 0.293 e. The van der Waals surface area contributed by atoms with Crippen LogP contribution in [0.4, 0.5) is 10.5 Å². The van der Waals surface area contributed by atoms with E-state index in [1.807, 2.05) is 6.08 Å². The molecule has 2 aliphatic rings. The Balaban J connectivity index is 1.72. The van der Waals surface area contributed by atoms with Crippen LogP contribution >= 0.6 is 11.8 Å². The molecule has 2 heterocycles. The quantitative estimate of drug-likeness (QED) is 0.301. The van der Waals surface area contributed by atoms with E-state index in [9.17, 15) is 19.7 Å². The Kier molecular flexibility index (Phi) is 6.57. The number of carbonyl (C=O) groups excluding carboxylic acids is 2. The van der Waals surface area contributed by atoms with Crippen LogP contribution in [0.15, 0.2) is 52.4 Å². The highest BCUT2D eigenvalue weighted by molar-refractivity contribution is 8.18. The zero-order valence-electron chi connectivity index (χ0n) is 15.3. The number of thioether (sulfide) groups is 1. The molecule has 0 bridgehead atoms. The van der Waals surface area contributed by atoms with Gasteiger partial charge in [-0.25, -0.2) is 0 Å². The lowest BCUT2D eigenvalue weighted by Crippen LogP contribution is -2.29. The van der Waals surface area contributed by atoms with Crippen LogP contribution < -0.4 is 0 Å². The van der Waals surface area contributed by atoms with E-state index < -0.39 is 22.4 Å². The lowest BCUT2D eigenvalue weighted by molar-refractivity contribution is -0.384. The first-order valence-electron chi connectivity index (χ1n) is 8.95. The Labute approximate surface area is 170 Å². The molecule has 29 heavy (non-hydrogen) atoms. The van der Waals surface area contributed by atoms with E-state index in [0.717, 1.165) is 22.2 Å². The summed E-state index contributed by atoms with van der Waals surface area (Å²) in [6.45, 7) is 0.118. The van der Waals surface area contributed by atoms with Gasteiger partial charge in [0, 0.05) is 18.7 Å². The molecule has 0 spiro atoms. The van der Waals surface area contributed by atoms with Gasteiger partial charge in [-0.2, -0.15) is 0 Å². The number of nitro benzene ring substituents is 1. The molecule has 0 aromatic heterocycles. The van der Waals surface area contributed by atoms with E-state index in [4.69, 9.17) is 10.2 Å². The topological polar surface area (TPSA) is 133 Å². The van der Waals surface area contributed by atoms with Crippen LogP contribution in [0.2, 0.25) is 0 Å². The average Bonchev–Trinajstić information content (AvgIpc) is 2.95. The van der Waals surface area contributed by atoms with Crippen LogP contribution in [0.3, 0.4) is 0 Å². The molecule has 1 atom stereocenters. The molecule has 0 saturated carbocycles. The van der Waals surface area contributed by atoms with Gasteiger partial charge in [-0.15, -0.1) is 0 Å². The number of aliphatic hydroxyl groups is 2. The molecule has 3 rings (SSSR count). The van der Waals surface area contributed by atoms with Gasteiger partial charge in [-0.3, -0.25) is 29.6 Å². The van der Waals surface area contributed by atoms with Gasteiger partial charge < -0.3 is 10.2 Å². The number of benzene rings is 1. The number of aliphatic hydroxyl groups excluding tert-OH is 1. The number of hydrogen-bond acceptors (Lipinski definition) is 8. The van der Waals surface area contributed by atoms with Crippen molar-refractivity contribution in [3.05, 3.63) is 63.1 Å². The summed E-state index contributed by atoms with van der Waals surface area (Å²) in [6.07, 6.45) is 4.75. The number of carbonyl (C=O) groups is 2. The van der Waals surface area contributed by atoms with E-state index in [2.05, 4.69) is 4.99 Å². The maximum atomic E-state index is 12.5. The van der Waals surface area contributed by atoms with Crippen molar-refractivity contribution in [3.63, 3.8) is 0 Å². The SMILES string of the molecule is O=C1S/C(=C\C2=NC(c3ccc([N+](=O)[O-])cc3)CC=C2)C(=O)N1CCCC(O)O. The normalized spacial score (nSPS) is 20.7. The van der Waals surface area contributed by atoms with Gasteiger partial charge in [0.25, 0.3) is 16.8 Å². The standard InChI is InChI=1S/C19H19N3O6S/c23-17(24)5-2-10-21-18(25)16(29-19(21)26)11-13-3-1-4-15(20-13)12-6-8-14(9-7-12)22(27)28/h1,3,6-9,11,15,17,23-24H,2,4-5,10H2/b16-11-. The molecule has 1 unspecified atom stereocenters. The van der Waals surface area contributed by atoms with Crippen LogP contribution in [0.1, 0.15) is 30.9 Å². The minimum atomic E-state index is -1.47. The van der Waals surface area contributed by atoms with E-state index in [1.54, 1.807) is 24.3 Å². The van der Waals surface area contributed by atoms with Gasteiger partial charge in [-0.1, -0.05) is 18.2 Å². The molecule has 1 fully saturated rings. The Morgan fingerprint density at radius 2 is 2.03 bits per heavy atom. The zero-order valence-corrected chi connectivity index (χ0v) is 16.1. The predicted molar refractivity (Wildman–Crippen MR) is 107 cm³/mol. The third kappa shape index (κ3) is 5.17. The minimum absolute atomic E-state index is 0.00620. The van der Waals surface area contributed by atoms with Crippen molar-refractivity contribution in [2.24, 2.45) is 4.99 Å². The first kappa shape index (κ1) is 20.9. The molecule has 1 aromatic rings. The van der Waals surface area contributed by atoms with Gasteiger partial charge in [0.15, 0.2) is 6.29 Å². The highest BCUT2D eigenvalue weighted by Crippen LogP contribution is 2.32. The van der Waals surface area contributed by atoms with Crippen LogP contribution in [0, 0.1) is 10.1 Å². The second kappa shape index (κ2) is 9.12. The number of allylic oxidation sites excluding steroid dienone is 2. The Hall–Kier alpha value is -2.82. The van der Waals surface area contributed by atoms with Crippen LogP contribution in [0.25, 0.3) is 0 Å². The maximum Gasteiger partial charge on any atom is 0.293 e. The first-order valence-corrected chi connectivity index (χ1v) is 9.77. The average molecular weight is 417 g/mol. The Morgan fingerprint density at radius 1 is 1.31 bits per heavy atom. The van der Waals surface area contributed by atoms with Crippen molar-refractivity contribution in [1.29, 1.82) is 0 Å². The second-order valence-corrected chi connectivity index (χ2v) is 7.51. The monoisotopic (exact) mass is 417 g/mol. The van der Waals surface area contributed by atoms with Crippen molar-refractivity contribution in [1.82, 2.24) is 4.90 Å². The number of hydrogen-bond donors (Lipinski definition) is 2. The van der Waals surface area contributed by atoms with Crippen LogP contribution in [-0.2, 0) is 4.79 Å². The van der Waals surface area contributed by atoms with Crippen molar-refractivity contribution < 1.29 is 24.7 Å². The number of nitrogens with zero attached hydrogens (tertiary/aromatic N) is 3. The number of nitro groups is 1. The molecule has 0 aliphatic carbocycles. The molecule has 0 radical (unpaired) electrons. The second-order valence-electron chi connectivity index (χ2n) is 6.51. The summed E-state index contributed by atoms with van der Waals surface area (Å²) in [5.41, 5.74) is 1.36. The third-order valence-electron chi connectivity index (χ3n) is 4.44. The fourth-order valence-corrected chi connectivity index (χ4v) is 3.82. The van der Waals surface area contributed by atoms with Crippen LogP contribution in [-0.4, -0.2) is 49.7 Å². The lowest BCUT2D eigenvalue weighted by Gasteiger charge is -2.15. The van der Waals surface area contributed by atoms with Crippen molar-refractivity contribution in [2.75, 3.05) is 6.54 Å². The van der Waals surface area contributed by atoms with Crippen LogP contribution in [0.5, 0.6) is 0 Å². The van der Waals surface area contributed by atoms with Gasteiger partial charge in [0.05, 0.1) is 21.6 Å². The van der Waals surface area contributed by atoms with Crippen molar-refractivity contribution in [2.45, 2.75) is 31.6 Å². The highest BCUT2D eigenvalue weighted by atomic mass is 32.2. The van der Waals surface area contributed by atoms with Gasteiger partial charge in [0.1, 0.15) is 0 Å². The summed E-state index contributed by atoms with van der Waals surface area (Å²) in [5.74, 6) is -0.430. The summed E-state index contributed by atoms with van der Waals surface area (Å²) in [5, 5.41) is 28.1. The first-order chi connectivity index (χ1) is 13.8. The Bertz CT molecular complexity index is 907. The van der Waals surface area contributed by atoms with E-state index >= 15 is 0 Å². The lowest BCUT2D eigenvalue weighted by atomic mass is 10.0. The summed E-state index contributed by atoms with van der Waals surface area (Å²) in [4.78, 5) is 40.8. The molecule has 2 N–H and O–H groups in total. The largest absolute Gasteiger partial charge is 0.368 e. The minimum Gasteiger partial charge on any atom is -0.368 e. The van der Waals surface area contributed by atoms with E-state index in [-0.39, 0.29) is 29.6 Å².